The molecule has 0 fully saturated rings. The van der Waals surface area contributed by atoms with Gasteiger partial charge in [0.15, 0.2) is 14.1 Å². The van der Waals surface area contributed by atoms with Gasteiger partial charge in [-0.05, 0) is 55.5 Å². The van der Waals surface area contributed by atoms with E-state index in [1.54, 1.807) is 6.08 Å². The summed E-state index contributed by atoms with van der Waals surface area (Å²) in [6.07, 6.45) is 10.9. The second-order valence-corrected chi connectivity index (χ2v) is 12.0. The third kappa shape index (κ3) is 5.76. The van der Waals surface area contributed by atoms with Crippen LogP contribution in [0.2, 0.25) is 18.1 Å². The van der Waals surface area contributed by atoms with E-state index in [1.165, 1.54) is 5.57 Å². The van der Waals surface area contributed by atoms with E-state index in [0.29, 0.717) is 0 Å². The Morgan fingerprint density at radius 3 is 2.60 bits per heavy atom. The van der Waals surface area contributed by atoms with Crippen LogP contribution in [0.5, 0.6) is 0 Å². The molecule has 0 bridgehead atoms. The van der Waals surface area contributed by atoms with E-state index in [-0.39, 0.29) is 10.8 Å². The molecule has 0 radical (unpaired) electrons. The van der Waals surface area contributed by atoms with Crippen LogP contribution in [0, 0.1) is 0 Å². The summed E-state index contributed by atoms with van der Waals surface area (Å²) >= 11 is 0. The van der Waals surface area contributed by atoms with Crippen molar-refractivity contribution in [1.29, 1.82) is 0 Å². The predicted molar refractivity (Wildman–Crippen MR) is 88.5 cm³/mol. The minimum Gasteiger partial charge on any atom is -0.417 e. The van der Waals surface area contributed by atoms with Crippen molar-refractivity contribution >= 4 is 14.1 Å². The Morgan fingerprint density at radius 1 is 1.30 bits per heavy atom. The third-order valence-electron chi connectivity index (χ3n) is 4.35. The van der Waals surface area contributed by atoms with Crippen molar-refractivity contribution in [1.82, 2.24) is 0 Å². The Hall–Kier alpha value is -0.673. The molecule has 1 rings (SSSR count). The number of hydrogen-bond donors (Lipinski definition) is 0. The normalized spacial score (nSPS) is 17.6. The summed E-state index contributed by atoms with van der Waals surface area (Å²) in [6.45, 7) is 12.2. The fourth-order valence-electron chi connectivity index (χ4n) is 1.93. The summed E-state index contributed by atoms with van der Waals surface area (Å²) in [4.78, 5) is 11.3. The molecular weight excluding hydrogens is 264 g/mol. The zero-order chi connectivity index (χ0) is 15.2. The zero-order valence-corrected chi connectivity index (χ0v) is 14.8. The SMILES string of the molecule is CC(C)(C)[Si](C)(C)OCCC/C=C/C1=CC(=O)CCC1. The van der Waals surface area contributed by atoms with Gasteiger partial charge in [-0.3, -0.25) is 4.79 Å². The average molecular weight is 295 g/mol. The molecule has 3 heteroatoms. The Morgan fingerprint density at radius 2 is 2.00 bits per heavy atom. The summed E-state index contributed by atoms with van der Waals surface area (Å²) in [5.74, 6) is 0.275. The highest BCUT2D eigenvalue weighted by atomic mass is 28.4. The minimum absolute atomic E-state index is 0.275. The molecule has 0 saturated heterocycles. The maximum atomic E-state index is 11.3. The first-order chi connectivity index (χ1) is 9.22. The van der Waals surface area contributed by atoms with Crippen molar-refractivity contribution in [2.24, 2.45) is 0 Å². The number of ketones is 1. The lowest BCUT2D eigenvalue weighted by Crippen LogP contribution is -2.40. The first-order valence-corrected chi connectivity index (χ1v) is 10.7. The third-order valence-corrected chi connectivity index (χ3v) is 8.89. The summed E-state index contributed by atoms with van der Waals surface area (Å²) in [5, 5.41) is 0.288. The molecule has 0 aromatic heterocycles. The first-order valence-electron chi connectivity index (χ1n) is 7.76. The molecule has 0 spiro atoms. The van der Waals surface area contributed by atoms with Gasteiger partial charge in [-0.1, -0.05) is 32.9 Å². The minimum atomic E-state index is -1.59. The molecule has 0 aromatic rings. The Bertz CT molecular complexity index is 386. The maximum Gasteiger partial charge on any atom is 0.191 e. The lowest BCUT2D eigenvalue weighted by atomic mass is 9.98. The van der Waals surface area contributed by atoms with Crippen LogP contribution in [0.1, 0.15) is 52.9 Å². The van der Waals surface area contributed by atoms with Crippen molar-refractivity contribution in [3.63, 3.8) is 0 Å². The molecule has 20 heavy (non-hydrogen) atoms. The molecule has 0 atom stereocenters. The standard InChI is InChI=1S/C17H30O2Si/c1-17(2,3)20(4,5)19-13-8-6-7-10-15-11-9-12-16(18)14-15/h7,10,14H,6,8-9,11-13H2,1-5H3/b10-7+. The molecule has 0 amide bonds. The quantitative estimate of drug-likeness (QED) is 0.507. The van der Waals surface area contributed by atoms with Crippen LogP contribution < -0.4 is 0 Å². The number of carbonyl (C=O) groups is 1. The first kappa shape index (κ1) is 17.4. The number of allylic oxidation sites excluding steroid dienone is 4. The Labute approximate surface area is 125 Å². The number of unbranched alkanes of at least 4 members (excludes halogenated alkanes) is 1. The second kappa shape index (κ2) is 7.37. The van der Waals surface area contributed by atoms with Crippen LogP contribution in [0.4, 0.5) is 0 Å². The summed E-state index contributed by atoms with van der Waals surface area (Å²) in [5.41, 5.74) is 1.19. The molecule has 0 N–H and O–H groups in total. The predicted octanol–water partition coefficient (Wildman–Crippen LogP) is 5.02. The topological polar surface area (TPSA) is 26.3 Å². The lowest BCUT2D eigenvalue weighted by Gasteiger charge is -2.36. The van der Waals surface area contributed by atoms with E-state index in [4.69, 9.17) is 4.43 Å². The van der Waals surface area contributed by atoms with Crippen LogP contribution in [0.15, 0.2) is 23.8 Å². The van der Waals surface area contributed by atoms with Crippen LogP contribution in [0.25, 0.3) is 0 Å². The average Bonchev–Trinajstić information content (AvgIpc) is 2.32. The van der Waals surface area contributed by atoms with Gasteiger partial charge in [0, 0.05) is 13.0 Å². The molecular formula is C17H30O2Si. The summed E-state index contributed by atoms with van der Waals surface area (Å²) in [6, 6.07) is 0. The molecule has 0 aromatic carbocycles. The monoisotopic (exact) mass is 294 g/mol. The number of rotatable bonds is 6. The van der Waals surface area contributed by atoms with Crippen molar-refractivity contribution in [3.8, 4) is 0 Å². The number of hydrogen-bond acceptors (Lipinski definition) is 2. The van der Waals surface area contributed by atoms with Crippen LogP contribution >= 0.6 is 0 Å². The van der Waals surface area contributed by atoms with Crippen molar-refractivity contribution < 1.29 is 9.22 Å². The zero-order valence-electron chi connectivity index (χ0n) is 13.8. The summed E-state index contributed by atoms with van der Waals surface area (Å²) in [7, 11) is -1.59. The van der Waals surface area contributed by atoms with Crippen LogP contribution in [-0.4, -0.2) is 20.7 Å². The highest BCUT2D eigenvalue weighted by molar-refractivity contribution is 6.74. The summed E-state index contributed by atoms with van der Waals surface area (Å²) < 4.78 is 6.14. The van der Waals surface area contributed by atoms with E-state index in [2.05, 4.69) is 46.0 Å². The fourth-order valence-corrected chi connectivity index (χ4v) is 3.02. The van der Waals surface area contributed by atoms with Crippen molar-refractivity contribution in [2.75, 3.05) is 6.61 Å². The molecule has 0 heterocycles. The molecule has 1 aliphatic carbocycles. The highest BCUT2D eigenvalue weighted by Crippen LogP contribution is 2.36. The highest BCUT2D eigenvalue weighted by Gasteiger charge is 2.36. The van der Waals surface area contributed by atoms with Gasteiger partial charge in [-0.2, -0.15) is 0 Å². The van der Waals surface area contributed by atoms with Crippen molar-refractivity contribution in [2.45, 2.75) is 71.0 Å². The van der Waals surface area contributed by atoms with E-state index in [9.17, 15) is 4.79 Å². The molecule has 2 nitrogen and oxygen atoms in total. The second-order valence-electron chi connectivity index (χ2n) is 7.19. The van der Waals surface area contributed by atoms with Gasteiger partial charge < -0.3 is 4.43 Å². The number of carbonyl (C=O) groups excluding carboxylic acids is 1. The Balaban J connectivity index is 2.24. The van der Waals surface area contributed by atoms with Gasteiger partial charge in [-0.25, -0.2) is 0 Å². The van der Waals surface area contributed by atoms with E-state index in [1.807, 2.05) is 0 Å². The van der Waals surface area contributed by atoms with Crippen molar-refractivity contribution in [3.05, 3.63) is 23.8 Å². The van der Waals surface area contributed by atoms with Crippen LogP contribution in [-0.2, 0) is 9.22 Å². The van der Waals surface area contributed by atoms with Gasteiger partial charge >= 0.3 is 0 Å². The van der Waals surface area contributed by atoms with Gasteiger partial charge in [-0.15, -0.1) is 0 Å². The molecule has 0 unspecified atom stereocenters. The molecule has 1 aliphatic rings. The fraction of sp³-hybridized carbons (Fsp3) is 0.706. The Kier molecular flexibility index (Phi) is 6.40. The van der Waals surface area contributed by atoms with Gasteiger partial charge in [0.05, 0.1) is 0 Å². The molecule has 0 saturated carbocycles. The van der Waals surface area contributed by atoms with E-state index in [0.717, 1.165) is 38.7 Å². The van der Waals surface area contributed by atoms with E-state index < -0.39 is 8.32 Å². The van der Waals surface area contributed by atoms with Gasteiger partial charge in [0.1, 0.15) is 0 Å². The van der Waals surface area contributed by atoms with Gasteiger partial charge in [0.2, 0.25) is 0 Å². The smallest absolute Gasteiger partial charge is 0.191 e. The molecule has 0 aliphatic heterocycles. The van der Waals surface area contributed by atoms with Crippen LogP contribution in [0.3, 0.4) is 0 Å². The van der Waals surface area contributed by atoms with Gasteiger partial charge in [0.25, 0.3) is 0 Å². The maximum absolute atomic E-state index is 11.3. The molecule has 114 valence electrons. The largest absolute Gasteiger partial charge is 0.417 e. The lowest BCUT2D eigenvalue weighted by molar-refractivity contribution is -0.115. The van der Waals surface area contributed by atoms with E-state index >= 15 is 0 Å².